The van der Waals surface area contributed by atoms with Gasteiger partial charge in [-0.05, 0) is 43.3 Å². The summed E-state index contributed by atoms with van der Waals surface area (Å²) < 4.78 is 51.5. The van der Waals surface area contributed by atoms with Crippen LogP contribution in [0.4, 0.5) is 8.78 Å². The van der Waals surface area contributed by atoms with Crippen LogP contribution < -0.4 is 0 Å². The Balaban J connectivity index is 2.13. The number of benzene rings is 2. The maximum absolute atomic E-state index is 14.1. The van der Waals surface area contributed by atoms with E-state index in [-0.39, 0.29) is 10.6 Å². The summed E-state index contributed by atoms with van der Waals surface area (Å²) in [6, 6.07) is 9.19. The van der Waals surface area contributed by atoms with Gasteiger partial charge >= 0.3 is 0 Å². The Morgan fingerprint density at radius 1 is 1.04 bits per heavy atom. The van der Waals surface area contributed by atoms with Crippen molar-refractivity contribution in [1.82, 2.24) is 14.8 Å². The minimum absolute atomic E-state index is 0.0548. The van der Waals surface area contributed by atoms with Gasteiger partial charge in [-0.3, -0.25) is 0 Å². The Kier molecular flexibility index (Phi) is 3.92. The molecule has 5 nitrogen and oxygen atoms in total. The molecule has 0 atom stereocenters. The second-order valence-corrected chi connectivity index (χ2v) is 7.30. The summed E-state index contributed by atoms with van der Waals surface area (Å²) in [5.74, 6) is -0.722. The van der Waals surface area contributed by atoms with Crippen LogP contribution in [0, 0.1) is 18.6 Å². The molecule has 0 N–H and O–H groups in total. The fraction of sp³-hybridized carbons (Fsp3) is 0.125. The highest BCUT2D eigenvalue weighted by Gasteiger charge is 2.16. The average Bonchev–Trinajstić information content (AvgIpc) is 2.88. The first-order valence-corrected chi connectivity index (χ1v) is 8.84. The summed E-state index contributed by atoms with van der Waals surface area (Å²) in [6.45, 7) is 1.65. The minimum atomic E-state index is -3.31. The smallest absolute Gasteiger partial charge is 0.175 e. The third-order valence-corrected chi connectivity index (χ3v) is 4.52. The maximum Gasteiger partial charge on any atom is 0.175 e. The van der Waals surface area contributed by atoms with E-state index in [1.54, 1.807) is 19.1 Å². The van der Waals surface area contributed by atoms with E-state index in [4.69, 9.17) is 0 Å². The monoisotopic (exact) mass is 349 g/mol. The Bertz CT molecular complexity index is 1010. The summed E-state index contributed by atoms with van der Waals surface area (Å²) in [6.07, 6.45) is 1.11. The zero-order valence-electron chi connectivity index (χ0n) is 12.9. The number of hydrogen-bond acceptors (Lipinski definition) is 4. The lowest BCUT2D eigenvalue weighted by Crippen LogP contribution is -2.03. The lowest BCUT2D eigenvalue weighted by molar-refractivity contribution is 0.574. The van der Waals surface area contributed by atoms with Crippen LogP contribution in [-0.2, 0) is 9.84 Å². The zero-order chi connectivity index (χ0) is 17.5. The van der Waals surface area contributed by atoms with Crippen molar-refractivity contribution in [2.45, 2.75) is 11.8 Å². The van der Waals surface area contributed by atoms with Gasteiger partial charge in [0.05, 0.1) is 4.90 Å². The van der Waals surface area contributed by atoms with Crippen LogP contribution >= 0.6 is 0 Å². The van der Waals surface area contributed by atoms with Gasteiger partial charge in [-0.2, -0.15) is 5.10 Å². The molecular formula is C16H13F2N3O2S. The van der Waals surface area contributed by atoms with Crippen molar-refractivity contribution in [3.63, 3.8) is 0 Å². The first-order chi connectivity index (χ1) is 11.3. The van der Waals surface area contributed by atoms with Crippen molar-refractivity contribution in [2.24, 2.45) is 0 Å². The molecule has 0 aliphatic carbocycles. The Morgan fingerprint density at radius 2 is 1.71 bits per heavy atom. The lowest BCUT2D eigenvalue weighted by Gasteiger charge is -2.08. The van der Waals surface area contributed by atoms with Gasteiger partial charge in [0.25, 0.3) is 0 Å². The van der Waals surface area contributed by atoms with Gasteiger partial charge in [-0.1, -0.05) is 0 Å². The van der Waals surface area contributed by atoms with Crippen LogP contribution in [0.2, 0.25) is 0 Å². The normalized spacial score (nSPS) is 11.7. The molecule has 3 rings (SSSR count). The highest BCUT2D eigenvalue weighted by Crippen LogP contribution is 2.24. The molecule has 8 heteroatoms. The zero-order valence-corrected chi connectivity index (χ0v) is 13.7. The van der Waals surface area contributed by atoms with Crippen LogP contribution in [0.15, 0.2) is 47.4 Å². The quantitative estimate of drug-likeness (QED) is 0.729. The first kappa shape index (κ1) is 16.3. The number of nitrogens with zero attached hydrogens (tertiary/aromatic N) is 3. The fourth-order valence-electron chi connectivity index (χ4n) is 2.27. The van der Waals surface area contributed by atoms with E-state index in [0.717, 1.165) is 18.4 Å². The third-order valence-electron chi connectivity index (χ3n) is 3.39. The van der Waals surface area contributed by atoms with Gasteiger partial charge in [-0.15, -0.1) is 0 Å². The van der Waals surface area contributed by atoms with E-state index >= 15 is 0 Å². The number of aryl methyl sites for hydroxylation is 1. The second-order valence-electron chi connectivity index (χ2n) is 5.29. The van der Waals surface area contributed by atoms with Crippen molar-refractivity contribution in [2.75, 3.05) is 6.26 Å². The molecule has 0 unspecified atom stereocenters. The predicted octanol–water partition coefficient (Wildman–Crippen LogP) is 2.92. The molecule has 0 amide bonds. The Labute approximate surface area is 137 Å². The third kappa shape index (κ3) is 3.05. The SMILES string of the molecule is Cc1nc(-c2ccc(S(C)(=O)=O)cc2)n(-c2ccc(F)cc2F)n1. The van der Waals surface area contributed by atoms with Crippen molar-refractivity contribution >= 4 is 9.84 Å². The van der Waals surface area contributed by atoms with Gasteiger partial charge in [-0.25, -0.2) is 26.9 Å². The van der Waals surface area contributed by atoms with Crippen LogP contribution in [0.5, 0.6) is 0 Å². The number of sulfone groups is 1. The van der Waals surface area contributed by atoms with Crippen molar-refractivity contribution in [1.29, 1.82) is 0 Å². The molecule has 2 aromatic carbocycles. The van der Waals surface area contributed by atoms with E-state index < -0.39 is 21.5 Å². The standard InChI is InChI=1S/C16H13F2N3O2S/c1-10-19-16(11-3-6-13(7-4-11)24(2,22)23)21(20-10)15-8-5-12(17)9-14(15)18/h3-9H,1-2H3. The van der Waals surface area contributed by atoms with E-state index in [0.29, 0.717) is 17.2 Å². The number of rotatable bonds is 3. The predicted molar refractivity (Wildman–Crippen MR) is 84.6 cm³/mol. The molecule has 1 heterocycles. The van der Waals surface area contributed by atoms with Crippen LogP contribution in [0.3, 0.4) is 0 Å². The molecule has 0 fully saturated rings. The average molecular weight is 349 g/mol. The number of hydrogen-bond donors (Lipinski definition) is 0. The Hall–Kier alpha value is -2.61. The van der Waals surface area contributed by atoms with Crippen molar-refractivity contribution in [3.8, 4) is 17.1 Å². The molecule has 0 aliphatic rings. The second kappa shape index (κ2) is 5.79. The van der Waals surface area contributed by atoms with E-state index in [1.165, 1.54) is 22.9 Å². The topological polar surface area (TPSA) is 64.8 Å². The molecule has 0 bridgehead atoms. The number of halogens is 2. The first-order valence-electron chi connectivity index (χ1n) is 6.95. The van der Waals surface area contributed by atoms with Gasteiger partial charge in [0.15, 0.2) is 21.5 Å². The van der Waals surface area contributed by atoms with E-state index in [2.05, 4.69) is 10.1 Å². The van der Waals surface area contributed by atoms with Gasteiger partial charge < -0.3 is 0 Å². The summed E-state index contributed by atoms with van der Waals surface area (Å²) >= 11 is 0. The molecule has 124 valence electrons. The molecule has 3 aromatic rings. The number of aromatic nitrogens is 3. The van der Waals surface area contributed by atoms with Crippen LogP contribution in [0.25, 0.3) is 17.1 Å². The van der Waals surface area contributed by atoms with Gasteiger partial charge in [0.1, 0.15) is 17.3 Å². The molecule has 0 radical (unpaired) electrons. The molecule has 0 saturated carbocycles. The molecule has 0 saturated heterocycles. The highest BCUT2D eigenvalue weighted by atomic mass is 32.2. The van der Waals surface area contributed by atoms with Crippen molar-refractivity contribution in [3.05, 3.63) is 59.9 Å². The van der Waals surface area contributed by atoms with Crippen LogP contribution in [0.1, 0.15) is 5.82 Å². The van der Waals surface area contributed by atoms with E-state index in [1.807, 2.05) is 0 Å². The summed E-state index contributed by atoms with van der Waals surface area (Å²) in [4.78, 5) is 4.42. The Morgan fingerprint density at radius 3 is 2.29 bits per heavy atom. The summed E-state index contributed by atoms with van der Waals surface area (Å²) in [7, 11) is -3.31. The van der Waals surface area contributed by atoms with Gasteiger partial charge in [0, 0.05) is 17.9 Å². The molecule has 0 spiro atoms. The fourth-order valence-corrected chi connectivity index (χ4v) is 2.90. The maximum atomic E-state index is 14.1. The molecule has 0 aliphatic heterocycles. The molecule has 24 heavy (non-hydrogen) atoms. The van der Waals surface area contributed by atoms with E-state index in [9.17, 15) is 17.2 Å². The summed E-state index contributed by atoms with van der Waals surface area (Å²) in [5.41, 5.74) is 0.617. The van der Waals surface area contributed by atoms with Crippen molar-refractivity contribution < 1.29 is 17.2 Å². The minimum Gasteiger partial charge on any atom is -0.224 e. The van der Waals surface area contributed by atoms with Gasteiger partial charge in [0.2, 0.25) is 0 Å². The van der Waals surface area contributed by atoms with Crippen LogP contribution in [-0.4, -0.2) is 29.4 Å². The largest absolute Gasteiger partial charge is 0.224 e. The lowest BCUT2D eigenvalue weighted by atomic mass is 10.2. The summed E-state index contributed by atoms with van der Waals surface area (Å²) in [5, 5.41) is 4.14. The highest BCUT2D eigenvalue weighted by molar-refractivity contribution is 7.90. The molecular weight excluding hydrogens is 336 g/mol. The molecule has 1 aromatic heterocycles.